The molecule has 0 fully saturated rings. The van der Waals surface area contributed by atoms with Gasteiger partial charge in [-0.25, -0.2) is 0 Å². The fraction of sp³-hybridized carbons (Fsp3) is 0.471. The number of hydrogen-bond acceptors (Lipinski definition) is 3. The molecule has 0 amide bonds. The number of ether oxygens (including phenoxy) is 1. The first-order valence-corrected chi connectivity index (χ1v) is 6.69. The highest BCUT2D eigenvalue weighted by atomic mass is 16.5. The Kier molecular flexibility index (Phi) is 10.1. The van der Waals surface area contributed by atoms with Gasteiger partial charge in [-0.3, -0.25) is 4.79 Å². The molecule has 0 saturated heterocycles. The van der Waals surface area contributed by atoms with E-state index in [0.29, 0.717) is 12.8 Å². The Morgan fingerprint density at radius 1 is 1.20 bits per heavy atom. The number of rotatable bonds is 6. The monoisotopic (exact) mass is 276 g/mol. The van der Waals surface area contributed by atoms with Crippen LogP contribution in [0.3, 0.4) is 0 Å². The van der Waals surface area contributed by atoms with Crippen molar-refractivity contribution in [3.05, 3.63) is 34.9 Å². The lowest BCUT2D eigenvalue weighted by Crippen LogP contribution is -2.04. The summed E-state index contributed by atoms with van der Waals surface area (Å²) >= 11 is 0. The second-order valence-corrected chi connectivity index (χ2v) is 4.73. The summed E-state index contributed by atoms with van der Waals surface area (Å²) in [4.78, 5) is 10.8. The zero-order chi connectivity index (χ0) is 15.4. The van der Waals surface area contributed by atoms with E-state index in [1.54, 1.807) is 0 Å². The van der Waals surface area contributed by atoms with Gasteiger partial charge in [0.1, 0.15) is 6.61 Å². The Morgan fingerprint density at radius 2 is 1.90 bits per heavy atom. The second kappa shape index (κ2) is 11.1. The second-order valence-electron chi connectivity index (χ2n) is 4.73. The van der Waals surface area contributed by atoms with Crippen LogP contribution in [-0.4, -0.2) is 24.3 Å². The predicted molar refractivity (Wildman–Crippen MR) is 82.0 cm³/mol. The van der Waals surface area contributed by atoms with Crippen LogP contribution in [0.5, 0.6) is 0 Å². The smallest absolute Gasteiger partial charge is 0.302 e. The summed E-state index contributed by atoms with van der Waals surface area (Å²) in [6.07, 6.45) is 7.09. The van der Waals surface area contributed by atoms with Gasteiger partial charge in [-0.2, -0.15) is 0 Å². The minimum atomic E-state index is -0.312. The first-order chi connectivity index (χ1) is 9.45. The van der Waals surface area contributed by atoms with Crippen molar-refractivity contribution in [2.45, 2.75) is 40.5 Å². The number of carbonyl (C=O) groups is 1. The van der Waals surface area contributed by atoms with Crippen LogP contribution in [0.2, 0.25) is 0 Å². The molecule has 0 aromatic heterocycles. The van der Waals surface area contributed by atoms with Crippen LogP contribution < -0.4 is 0 Å². The standard InChI is InChI=1S/C17H24O3/c1-14(2)7-5-8-15(3)9-6-10-17(11-12-18)13-20-16(4)19/h7,9-10,18H,6,11-13H2,1-4H3. The zero-order valence-electron chi connectivity index (χ0n) is 12.8. The molecule has 0 atom stereocenters. The third kappa shape index (κ3) is 11.3. The van der Waals surface area contributed by atoms with Gasteiger partial charge in [0.2, 0.25) is 0 Å². The summed E-state index contributed by atoms with van der Waals surface area (Å²) in [5.41, 5.74) is 3.09. The van der Waals surface area contributed by atoms with Gasteiger partial charge in [0.05, 0.1) is 0 Å². The molecule has 3 nitrogen and oxygen atoms in total. The summed E-state index contributed by atoms with van der Waals surface area (Å²) in [6, 6.07) is 0. The lowest BCUT2D eigenvalue weighted by atomic mass is 10.1. The molecular weight excluding hydrogens is 252 g/mol. The van der Waals surface area contributed by atoms with E-state index in [-0.39, 0.29) is 19.2 Å². The summed E-state index contributed by atoms with van der Waals surface area (Å²) < 4.78 is 4.93. The van der Waals surface area contributed by atoms with Crippen molar-refractivity contribution >= 4 is 5.97 Å². The van der Waals surface area contributed by atoms with E-state index in [1.807, 2.05) is 39.0 Å². The van der Waals surface area contributed by atoms with Crippen molar-refractivity contribution in [3.8, 4) is 11.8 Å². The van der Waals surface area contributed by atoms with Gasteiger partial charge in [-0.15, -0.1) is 0 Å². The molecule has 0 radical (unpaired) electrons. The summed E-state index contributed by atoms with van der Waals surface area (Å²) in [7, 11) is 0. The largest absolute Gasteiger partial charge is 0.461 e. The van der Waals surface area contributed by atoms with Crippen molar-refractivity contribution in [2.75, 3.05) is 13.2 Å². The Hall–Kier alpha value is -1.79. The van der Waals surface area contributed by atoms with E-state index in [4.69, 9.17) is 9.84 Å². The highest BCUT2D eigenvalue weighted by Gasteiger charge is 1.99. The highest BCUT2D eigenvalue weighted by molar-refractivity contribution is 5.66. The average molecular weight is 276 g/mol. The molecule has 0 aliphatic heterocycles. The first-order valence-electron chi connectivity index (χ1n) is 6.69. The third-order valence-corrected chi connectivity index (χ3v) is 2.35. The van der Waals surface area contributed by atoms with Crippen LogP contribution in [0, 0.1) is 11.8 Å². The molecule has 3 heteroatoms. The average Bonchev–Trinajstić information content (AvgIpc) is 2.35. The van der Waals surface area contributed by atoms with E-state index >= 15 is 0 Å². The zero-order valence-corrected chi connectivity index (χ0v) is 12.8. The summed E-state index contributed by atoms with van der Waals surface area (Å²) in [5, 5.41) is 8.95. The van der Waals surface area contributed by atoms with Crippen molar-refractivity contribution < 1.29 is 14.6 Å². The van der Waals surface area contributed by atoms with Gasteiger partial charge in [0.15, 0.2) is 0 Å². The lowest BCUT2D eigenvalue weighted by Gasteiger charge is -2.05. The maximum absolute atomic E-state index is 10.8. The van der Waals surface area contributed by atoms with Crippen LogP contribution in [0.1, 0.15) is 40.5 Å². The number of esters is 1. The molecule has 0 unspecified atom stereocenters. The molecule has 0 saturated carbocycles. The maximum Gasteiger partial charge on any atom is 0.302 e. The minimum absolute atomic E-state index is 0.0518. The van der Waals surface area contributed by atoms with Gasteiger partial charge >= 0.3 is 5.97 Å². The third-order valence-electron chi connectivity index (χ3n) is 2.35. The molecule has 0 aromatic carbocycles. The number of aliphatic hydroxyl groups excluding tert-OH is 1. The van der Waals surface area contributed by atoms with E-state index < -0.39 is 0 Å². The van der Waals surface area contributed by atoms with Gasteiger partial charge in [-0.05, 0) is 50.8 Å². The normalized spacial score (nSPS) is 11.4. The Balaban J connectivity index is 4.48. The van der Waals surface area contributed by atoms with Crippen molar-refractivity contribution in [1.82, 2.24) is 0 Å². The number of carbonyl (C=O) groups excluding carboxylic acids is 1. The van der Waals surface area contributed by atoms with E-state index in [1.165, 1.54) is 12.5 Å². The summed E-state index contributed by atoms with van der Waals surface area (Å²) in [5.74, 6) is 5.71. The minimum Gasteiger partial charge on any atom is -0.461 e. The highest BCUT2D eigenvalue weighted by Crippen LogP contribution is 2.05. The molecule has 0 heterocycles. The van der Waals surface area contributed by atoms with E-state index in [0.717, 1.165) is 11.1 Å². The molecule has 0 aliphatic carbocycles. The lowest BCUT2D eigenvalue weighted by molar-refractivity contribution is -0.140. The van der Waals surface area contributed by atoms with Crippen LogP contribution in [0.15, 0.2) is 34.9 Å². The van der Waals surface area contributed by atoms with Crippen LogP contribution in [0.25, 0.3) is 0 Å². The van der Waals surface area contributed by atoms with Crippen LogP contribution in [-0.2, 0) is 9.53 Å². The van der Waals surface area contributed by atoms with Gasteiger partial charge in [0.25, 0.3) is 0 Å². The molecule has 1 N–H and O–H groups in total. The van der Waals surface area contributed by atoms with Crippen molar-refractivity contribution in [1.29, 1.82) is 0 Å². The van der Waals surface area contributed by atoms with Gasteiger partial charge < -0.3 is 9.84 Å². The SMILES string of the molecule is CC(=O)OCC(=CCC=C(C)C#CC=C(C)C)CCO. The van der Waals surface area contributed by atoms with Gasteiger partial charge in [-0.1, -0.05) is 29.6 Å². The Morgan fingerprint density at radius 3 is 2.45 bits per heavy atom. The van der Waals surface area contributed by atoms with E-state index in [2.05, 4.69) is 11.8 Å². The van der Waals surface area contributed by atoms with Crippen molar-refractivity contribution in [2.24, 2.45) is 0 Å². The van der Waals surface area contributed by atoms with Crippen molar-refractivity contribution in [3.63, 3.8) is 0 Å². The Labute approximate surface area is 122 Å². The molecular formula is C17H24O3. The van der Waals surface area contributed by atoms with Crippen LogP contribution >= 0.6 is 0 Å². The fourth-order valence-electron chi connectivity index (χ4n) is 1.32. The maximum atomic E-state index is 10.8. The molecule has 20 heavy (non-hydrogen) atoms. The van der Waals surface area contributed by atoms with Crippen LogP contribution in [0.4, 0.5) is 0 Å². The quantitative estimate of drug-likeness (QED) is 0.460. The molecule has 0 aromatic rings. The Bertz CT molecular complexity index is 452. The number of hydrogen-bond donors (Lipinski definition) is 1. The van der Waals surface area contributed by atoms with Gasteiger partial charge in [0, 0.05) is 13.5 Å². The van der Waals surface area contributed by atoms with E-state index in [9.17, 15) is 4.79 Å². The first kappa shape index (κ1) is 18.2. The molecule has 0 bridgehead atoms. The summed E-state index contributed by atoms with van der Waals surface area (Å²) in [6.45, 7) is 7.64. The molecule has 0 aliphatic rings. The topological polar surface area (TPSA) is 46.5 Å². The number of allylic oxidation sites excluding steroid dienone is 5. The number of aliphatic hydroxyl groups is 1. The fourth-order valence-corrected chi connectivity index (χ4v) is 1.32. The molecule has 0 spiro atoms. The predicted octanol–water partition coefficient (Wildman–Crippen LogP) is 3.16. The molecule has 0 rings (SSSR count). The molecule has 110 valence electrons.